The molecule has 2 aromatic carbocycles. The number of hydrogen-bond acceptors (Lipinski definition) is 6. The van der Waals surface area contributed by atoms with Crippen molar-refractivity contribution in [1.29, 1.82) is 0 Å². The maximum absolute atomic E-state index is 13.1. The number of ketones is 1. The molecule has 176 valence electrons. The third kappa shape index (κ3) is 5.54. The first-order valence-electron chi connectivity index (χ1n) is 11.1. The van der Waals surface area contributed by atoms with Gasteiger partial charge in [0.2, 0.25) is 0 Å². The van der Waals surface area contributed by atoms with Crippen LogP contribution in [0.2, 0.25) is 0 Å². The number of carbonyl (C=O) groups is 2. The average Bonchev–Trinajstić information content (AvgIpc) is 3.03. The number of amides is 1. The zero-order valence-corrected chi connectivity index (χ0v) is 19.9. The summed E-state index contributed by atoms with van der Waals surface area (Å²) in [4.78, 5) is 29.7. The third-order valence-corrected chi connectivity index (χ3v) is 5.45. The number of likely N-dealkylation sites (tertiary alicyclic amines) is 1. The molecule has 1 aliphatic heterocycles. The molecule has 0 bridgehead atoms. The summed E-state index contributed by atoms with van der Waals surface area (Å²) in [7, 11) is 5.48. The first kappa shape index (κ1) is 24.3. The number of aliphatic hydroxyl groups excluding tert-OH is 1. The second-order valence-corrected chi connectivity index (χ2v) is 8.62. The van der Waals surface area contributed by atoms with Gasteiger partial charge in [0.25, 0.3) is 11.7 Å². The van der Waals surface area contributed by atoms with Crippen LogP contribution in [0.3, 0.4) is 0 Å². The third-order valence-electron chi connectivity index (χ3n) is 5.45. The lowest BCUT2D eigenvalue weighted by atomic mass is 9.95. The number of methoxy groups -OCH3 is 1. The second kappa shape index (κ2) is 10.5. The average molecular weight is 453 g/mol. The molecule has 1 heterocycles. The highest BCUT2D eigenvalue weighted by molar-refractivity contribution is 6.46. The standard InChI is InChI=1S/C26H32N2O5/c1-17(2)33-20-12-10-18(11-13-20)24(29)22-23(19-8-6-9-21(16-19)32-5)28(26(31)25(22)30)15-7-14-27(3)4/h6,8-13,16-17,23,29H,7,14-15H2,1-5H3/b24-22-. The van der Waals surface area contributed by atoms with Gasteiger partial charge < -0.3 is 24.4 Å². The summed E-state index contributed by atoms with van der Waals surface area (Å²) >= 11 is 0. The van der Waals surface area contributed by atoms with Crippen molar-refractivity contribution in [3.63, 3.8) is 0 Å². The Labute approximate surface area is 195 Å². The van der Waals surface area contributed by atoms with Gasteiger partial charge in [0, 0.05) is 12.1 Å². The van der Waals surface area contributed by atoms with Crippen molar-refractivity contribution in [2.45, 2.75) is 32.4 Å². The Morgan fingerprint density at radius 2 is 1.79 bits per heavy atom. The Hall–Kier alpha value is -3.32. The van der Waals surface area contributed by atoms with Crippen LogP contribution in [0.5, 0.6) is 11.5 Å². The molecule has 0 aromatic heterocycles. The van der Waals surface area contributed by atoms with Gasteiger partial charge in [-0.25, -0.2) is 0 Å². The minimum absolute atomic E-state index is 0.0185. The number of benzene rings is 2. The molecule has 1 aliphatic rings. The van der Waals surface area contributed by atoms with E-state index in [2.05, 4.69) is 0 Å². The molecule has 1 atom stereocenters. The largest absolute Gasteiger partial charge is 0.507 e. The van der Waals surface area contributed by atoms with Crippen molar-refractivity contribution in [2.24, 2.45) is 0 Å². The number of carbonyl (C=O) groups excluding carboxylic acids is 2. The van der Waals surface area contributed by atoms with Crippen LogP contribution in [0.4, 0.5) is 0 Å². The zero-order valence-electron chi connectivity index (χ0n) is 19.9. The number of ether oxygens (including phenoxy) is 2. The number of nitrogens with zero attached hydrogens (tertiary/aromatic N) is 2. The first-order chi connectivity index (χ1) is 15.7. The Morgan fingerprint density at radius 3 is 2.39 bits per heavy atom. The SMILES string of the molecule is COc1cccc(C2/C(=C(/O)c3ccc(OC(C)C)cc3)C(=O)C(=O)N2CCCN(C)C)c1. The predicted octanol–water partition coefficient (Wildman–Crippen LogP) is 3.86. The summed E-state index contributed by atoms with van der Waals surface area (Å²) in [5, 5.41) is 11.2. The van der Waals surface area contributed by atoms with Crippen LogP contribution >= 0.6 is 0 Å². The van der Waals surface area contributed by atoms with Gasteiger partial charge in [-0.2, -0.15) is 0 Å². The van der Waals surface area contributed by atoms with Gasteiger partial charge in [0.15, 0.2) is 0 Å². The van der Waals surface area contributed by atoms with Crippen LogP contribution in [0.15, 0.2) is 54.1 Å². The van der Waals surface area contributed by atoms with E-state index in [-0.39, 0.29) is 17.4 Å². The van der Waals surface area contributed by atoms with Gasteiger partial charge in [-0.1, -0.05) is 12.1 Å². The highest BCUT2D eigenvalue weighted by Gasteiger charge is 2.45. The molecule has 0 radical (unpaired) electrons. The van der Waals surface area contributed by atoms with Crippen molar-refractivity contribution in [3.8, 4) is 11.5 Å². The van der Waals surface area contributed by atoms with Crippen LogP contribution < -0.4 is 9.47 Å². The predicted molar refractivity (Wildman–Crippen MR) is 127 cm³/mol. The number of Topliss-reactive ketones (excluding diaryl/α,β-unsaturated/α-hetero) is 1. The van der Waals surface area contributed by atoms with Crippen LogP contribution in [0.1, 0.15) is 37.4 Å². The molecule has 1 saturated heterocycles. The molecule has 7 heteroatoms. The van der Waals surface area contributed by atoms with Gasteiger partial charge in [-0.15, -0.1) is 0 Å². The summed E-state index contributed by atoms with van der Waals surface area (Å²) in [5.74, 6) is -0.223. The Balaban J connectivity index is 2.05. The molecule has 0 spiro atoms. The quantitative estimate of drug-likeness (QED) is 0.354. The monoisotopic (exact) mass is 452 g/mol. The fourth-order valence-electron chi connectivity index (χ4n) is 3.95. The molecule has 2 aromatic rings. The normalized spacial score (nSPS) is 17.8. The summed E-state index contributed by atoms with van der Waals surface area (Å²) in [5.41, 5.74) is 1.24. The minimum atomic E-state index is -0.700. The molecule has 7 nitrogen and oxygen atoms in total. The number of aliphatic hydroxyl groups is 1. The molecule has 3 rings (SSSR count). The lowest BCUT2D eigenvalue weighted by Crippen LogP contribution is -2.32. The van der Waals surface area contributed by atoms with E-state index in [0.29, 0.717) is 35.6 Å². The maximum Gasteiger partial charge on any atom is 0.295 e. The fraction of sp³-hybridized carbons (Fsp3) is 0.385. The summed E-state index contributed by atoms with van der Waals surface area (Å²) in [6.07, 6.45) is 0.715. The van der Waals surface area contributed by atoms with Crippen LogP contribution in [0, 0.1) is 0 Å². The first-order valence-corrected chi connectivity index (χ1v) is 11.1. The van der Waals surface area contributed by atoms with Crippen LogP contribution in [0.25, 0.3) is 5.76 Å². The van der Waals surface area contributed by atoms with E-state index in [1.54, 1.807) is 48.4 Å². The van der Waals surface area contributed by atoms with Gasteiger partial charge in [-0.3, -0.25) is 9.59 Å². The van der Waals surface area contributed by atoms with Crippen molar-refractivity contribution in [3.05, 3.63) is 65.2 Å². The van der Waals surface area contributed by atoms with Gasteiger partial charge in [0.05, 0.1) is 24.8 Å². The van der Waals surface area contributed by atoms with E-state index in [0.717, 1.165) is 6.54 Å². The van der Waals surface area contributed by atoms with Crippen molar-refractivity contribution >= 4 is 17.4 Å². The van der Waals surface area contributed by atoms with Gasteiger partial charge in [-0.05, 0) is 82.9 Å². The summed E-state index contributed by atoms with van der Waals surface area (Å²) < 4.78 is 11.0. The van der Waals surface area contributed by atoms with Crippen molar-refractivity contribution in [1.82, 2.24) is 9.80 Å². The molecule has 33 heavy (non-hydrogen) atoms. The van der Waals surface area contributed by atoms with Crippen LogP contribution in [-0.4, -0.2) is 67.0 Å². The Morgan fingerprint density at radius 1 is 1.09 bits per heavy atom. The van der Waals surface area contributed by atoms with Gasteiger partial charge >= 0.3 is 0 Å². The molecule has 1 N–H and O–H groups in total. The molecule has 1 unspecified atom stereocenters. The lowest BCUT2D eigenvalue weighted by molar-refractivity contribution is -0.139. The smallest absolute Gasteiger partial charge is 0.295 e. The molecule has 1 fully saturated rings. The van der Waals surface area contributed by atoms with E-state index < -0.39 is 17.7 Å². The fourth-order valence-corrected chi connectivity index (χ4v) is 3.95. The number of rotatable bonds is 9. The van der Waals surface area contributed by atoms with Crippen LogP contribution in [-0.2, 0) is 9.59 Å². The summed E-state index contributed by atoms with van der Waals surface area (Å²) in [6, 6.07) is 13.4. The molecule has 1 amide bonds. The summed E-state index contributed by atoms with van der Waals surface area (Å²) in [6.45, 7) is 5.02. The molecular weight excluding hydrogens is 420 g/mol. The maximum atomic E-state index is 13.1. The lowest BCUT2D eigenvalue weighted by Gasteiger charge is -2.26. The highest BCUT2D eigenvalue weighted by atomic mass is 16.5. The zero-order chi connectivity index (χ0) is 24.1. The minimum Gasteiger partial charge on any atom is -0.507 e. The van der Waals surface area contributed by atoms with E-state index in [4.69, 9.17) is 9.47 Å². The van der Waals surface area contributed by atoms with Crippen molar-refractivity contribution < 1.29 is 24.2 Å². The molecule has 0 saturated carbocycles. The van der Waals surface area contributed by atoms with E-state index in [9.17, 15) is 14.7 Å². The van der Waals surface area contributed by atoms with E-state index in [1.807, 2.05) is 45.0 Å². The van der Waals surface area contributed by atoms with E-state index in [1.165, 1.54) is 0 Å². The topological polar surface area (TPSA) is 79.3 Å². The van der Waals surface area contributed by atoms with E-state index >= 15 is 0 Å². The molecule has 0 aliphatic carbocycles. The second-order valence-electron chi connectivity index (χ2n) is 8.62. The Bertz CT molecular complexity index is 1030. The highest BCUT2D eigenvalue weighted by Crippen LogP contribution is 2.40. The number of hydrogen-bond donors (Lipinski definition) is 1. The Kier molecular flexibility index (Phi) is 7.76. The molecular formula is C26H32N2O5. The van der Waals surface area contributed by atoms with Gasteiger partial charge in [0.1, 0.15) is 17.3 Å². The van der Waals surface area contributed by atoms with Crippen molar-refractivity contribution in [2.75, 3.05) is 34.3 Å².